The zero-order valence-corrected chi connectivity index (χ0v) is 13.9. The van der Waals surface area contributed by atoms with E-state index in [0.717, 1.165) is 11.3 Å². The first kappa shape index (κ1) is 16.2. The van der Waals surface area contributed by atoms with E-state index >= 15 is 0 Å². The fourth-order valence-electron chi connectivity index (χ4n) is 2.89. The van der Waals surface area contributed by atoms with E-state index in [1.54, 1.807) is 11.7 Å². The number of nitrogens with zero attached hydrogens (tertiary/aromatic N) is 3. The Kier molecular flexibility index (Phi) is 4.64. The fraction of sp³-hybridized carbons (Fsp3) is 0.389. The highest BCUT2D eigenvalue weighted by molar-refractivity contribution is 5.90. The molecule has 126 valence electrons. The molecule has 24 heavy (non-hydrogen) atoms. The molecule has 1 aliphatic heterocycles. The predicted octanol–water partition coefficient (Wildman–Crippen LogP) is 1.93. The van der Waals surface area contributed by atoms with Gasteiger partial charge in [-0.15, -0.1) is 0 Å². The van der Waals surface area contributed by atoms with Gasteiger partial charge < -0.3 is 9.64 Å². The van der Waals surface area contributed by atoms with Gasteiger partial charge in [0.1, 0.15) is 5.56 Å². The molecule has 0 bridgehead atoms. The summed E-state index contributed by atoms with van der Waals surface area (Å²) < 4.78 is 7.02. The Morgan fingerprint density at radius 1 is 1.33 bits per heavy atom. The van der Waals surface area contributed by atoms with E-state index < -0.39 is 0 Å². The molecular formula is C18H21N3O3. The summed E-state index contributed by atoms with van der Waals surface area (Å²) in [5.74, 6) is -0.228. The third-order valence-corrected chi connectivity index (χ3v) is 4.42. The maximum atomic E-state index is 12.1. The fourth-order valence-corrected chi connectivity index (χ4v) is 2.89. The summed E-state index contributed by atoms with van der Waals surface area (Å²) in [5.41, 5.74) is 2.35. The summed E-state index contributed by atoms with van der Waals surface area (Å²) in [4.78, 5) is 26.1. The molecule has 2 heterocycles. The molecule has 6 nitrogen and oxygen atoms in total. The zero-order valence-electron chi connectivity index (χ0n) is 13.9. The molecule has 1 atom stereocenters. The maximum absolute atomic E-state index is 12.1. The van der Waals surface area contributed by atoms with Crippen molar-refractivity contribution in [1.82, 2.24) is 14.7 Å². The third kappa shape index (κ3) is 3.48. The number of carbonyl (C=O) groups is 2. The molecule has 1 fully saturated rings. The highest BCUT2D eigenvalue weighted by Gasteiger charge is 2.30. The monoisotopic (exact) mass is 327 g/mol. The maximum Gasteiger partial charge on any atom is 0.341 e. The number of ether oxygens (including phenoxy) is 1. The van der Waals surface area contributed by atoms with E-state index in [1.807, 2.05) is 42.2 Å². The minimum atomic E-state index is -0.380. The first-order chi connectivity index (χ1) is 11.5. The van der Waals surface area contributed by atoms with Crippen molar-refractivity contribution >= 4 is 11.9 Å². The number of amides is 1. The number of likely N-dealkylation sites (tertiary alicyclic amines) is 1. The van der Waals surface area contributed by atoms with Gasteiger partial charge in [-0.3, -0.25) is 9.48 Å². The van der Waals surface area contributed by atoms with Crippen LogP contribution in [-0.4, -0.2) is 39.7 Å². The van der Waals surface area contributed by atoms with Crippen LogP contribution >= 0.6 is 0 Å². The van der Waals surface area contributed by atoms with Crippen LogP contribution in [0.1, 0.15) is 28.0 Å². The van der Waals surface area contributed by atoms with Gasteiger partial charge >= 0.3 is 5.97 Å². The van der Waals surface area contributed by atoms with Crippen LogP contribution in [0.5, 0.6) is 0 Å². The van der Waals surface area contributed by atoms with Gasteiger partial charge in [0.15, 0.2) is 0 Å². The minimum Gasteiger partial charge on any atom is -0.462 e. The summed E-state index contributed by atoms with van der Waals surface area (Å²) in [7, 11) is 1.78. The molecule has 1 amide bonds. The lowest BCUT2D eigenvalue weighted by Gasteiger charge is -2.16. The molecule has 1 aromatic carbocycles. The molecule has 0 radical (unpaired) electrons. The van der Waals surface area contributed by atoms with Crippen LogP contribution in [0.25, 0.3) is 0 Å². The zero-order chi connectivity index (χ0) is 17.1. The first-order valence-corrected chi connectivity index (χ1v) is 8.02. The van der Waals surface area contributed by atoms with Crippen LogP contribution in [-0.2, 0) is 23.1 Å². The SMILES string of the molecule is Cc1c(C(=O)OC[C@H]2CC(=O)N(Cc3ccccc3)C2)cnn1C. The molecule has 0 saturated carbocycles. The van der Waals surface area contributed by atoms with Gasteiger partial charge in [0.25, 0.3) is 0 Å². The average molecular weight is 327 g/mol. The Bertz CT molecular complexity index is 739. The molecule has 0 spiro atoms. The number of esters is 1. The number of aromatic nitrogens is 2. The van der Waals surface area contributed by atoms with Crippen LogP contribution in [0.4, 0.5) is 0 Å². The standard InChI is InChI=1S/C18H21N3O3/c1-13-16(9-19-20(13)2)18(23)24-12-15-8-17(22)21(11-15)10-14-6-4-3-5-7-14/h3-7,9,15H,8,10-12H2,1-2H3/t15-/m0/s1. The van der Waals surface area contributed by atoms with Crippen LogP contribution in [0.2, 0.25) is 0 Å². The van der Waals surface area contributed by atoms with Gasteiger partial charge in [-0.2, -0.15) is 5.10 Å². The van der Waals surface area contributed by atoms with Gasteiger partial charge in [-0.25, -0.2) is 4.79 Å². The molecular weight excluding hydrogens is 306 g/mol. The second kappa shape index (κ2) is 6.86. The Labute approximate surface area is 141 Å². The summed E-state index contributed by atoms with van der Waals surface area (Å²) in [5, 5.41) is 4.04. The highest BCUT2D eigenvalue weighted by atomic mass is 16.5. The molecule has 1 aliphatic rings. The summed E-state index contributed by atoms with van der Waals surface area (Å²) >= 11 is 0. The molecule has 1 saturated heterocycles. The third-order valence-electron chi connectivity index (χ3n) is 4.42. The smallest absolute Gasteiger partial charge is 0.341 e. The summed E-state index contributed by atoms with van der Waals surface area (Å²) in [6.45, 7) is 3.30. The van der Waals surface area contributed by atoms with Crippen molar-refractivity contribution in [2.45, 2.75) is 19.9 Å². The second-order valence-electron chi connectivity index (χ2n) is 6.20. The number of hydrogen-bond acceptors (Lipinski definition) is 4. The number of rotatable bonds is 5. The Hall–Kier alpha value is -2.63. The van der Waals surface area contributed by atoms with E-state index in [2.05, 4.69) is 5.10 Å². The summed E-state index contributed by atoms with van der Waals surface area (Å²) in [6.07, 6.45) is 1.94. The molecule has 3 rings (SSSR count). The molecule has 0 N–H and O–H groups in total. The normalized spacial score (nSPS) is 17.3. The largest absolute Gasteiger partial charge is 0.462 e. The van der Waals surface area contributed by atoms with Crippen molar-refractivity contribution in [3.8, 4) is 0 Å². The van der Waals surface area contributed by atoms with Crippen molar-refractivity contribution in [2.75, 3.05) is 13.2 Å². The van der Waals surface area contributed by atoms with Gasteiger partial charge in [-0.1, -0.05) is 30.3 Å². The number of carbonyl (C=O) groups excluding carboxylic acids is 2. The molecule has 0 aliphatic carbocycles. The highest BCUT2D eigenvalue weighted by Crippen LogP contribution is 2.21. The topological polar surface area (TPSA) is 64.4 Å². The predicted molar refractivity (Wildman–Crippen MR) is 88.2 cm³/mol. The lowest BCUT2D eigenvalue weighted by molar-refractivity contribution is -0.128. The lowest BCUT2D eigenvalue weighted by atomic mass is 10.1. The van der Waals surface area contributed by atoms with Crippen LogP contribution in [0.15, 0.2) is 36.5 Å². The quantitative estimate of drug-likeness (QED) is 0.787. The Morgan fingerprint density at radius 2 is 2.08 bits per heavy atom. The summed E-state index contributed by atoms with van der Waals surface area (Å²) in [6, 6.07) is 9.90. The van der Waals surface area contributed by atoms with E-state index in [-0.39, 0.29) is 24.4 Å². The van der Waals surface area contributed by atoms with E-state index in [1.165, 1.54) is 6.20 Å². The van der Waals surface area contributed by atoms with Crippen molar-refractivity contribution in [1.29, 1.82) is 0 Å². The molecule has 2 aromatic rings. The number of benzene rings is 1. The van der Waals surface area contributed by atoms with E-state index in [4.69, 9.17) is 4.74 Å². The Balaban J connectivity index is 1.53. The van der Waals surface area contributed by atoms with Crippen LogP contribution < -0.4 is 0 Å². The molecule has 1 aromatic heterocycles. The number of aryl methyl sites for hydroxylation is 1. The first-order valence-electron chi connectivity index (χ1n) is 8.02. The lowest BCUT2D eigenvalue weighted by Crippen LogP contribution is -2.25. The van der Waals surface area contributed by atoms with Crippen molar-refractivity contribution in [3.05, 3.63) is 53.3 Å². The van der Waals surface area contributed by atoms with Gasteiger partial charge in [0.2, 0.25) is 5.91 Å². The van der Waals surface area contributed by atoms with E-state index in [9.17, 15) is 9.59 Å². The van der Waals surface area contributed by atoms with Crippen LogP contribution in [0.3, 0.4) is 0 Å². The van der Waals surface area contributed by atoms with Crippen molar-refractivity contribution in [2.24, 2.45) is 13.0 Å². The molecule has 6 heteroatoms. The van der Waals surface area contributed by atoms with Gasteiger partial charge in [-0.05, 0) is 12.5 Å². The van der Waals surface area contributed by atoms with E-state index in [0.29, 0.717) is 25.1 Å². The van der Waals surface area contributed by atoms with Gasteiger partial charge in [0.05, 0.1) is 12.8 Å². The van der Waals surface area contributed by atoms with Gasteiger partial charge in [0, 0.05) is 38.2 Å². The van der Waals surface area contributed by atoms with Crippen LogP contribution in [0, 0.1) is 12.8 Å². The average Bonchev–Trinajstić information content (AvgIpc) is 3.09. The minimum absolute atomic E-state index is 0.0436. The second-order valence-corrected chi connectivity index (χ2v) is 6.20. The van der Waals surface area contributed by atoms with Crippen molar-refractivity contribution in [3.63, 3.8) is 0 Å². The Morgan fingerprint density at radius 3 is 2.75 bits per heavy atom. The number of hydrogen-bond donors (Lipinski definition) is 0. The van der Waals surface area contributed by atoms with Crippen molar-refractivity contribution < 1.29 is 14.3 Å². The molecule has 0 unspecified atom stereocenters.